The Morgan fingerprint density at radius 1 is 1.19 bits per heavy atom. The predicted molar refractivity (Wildman–Crippen MR) is 124 cm³/mol. The Morgan fingerprint density at radius 2 is 2.00 bits per heavy atom. The number of aryl methyl sites for hydroxylation is 1. The van der Waals surface area contributed by atoms with Crippen LogP contribution in [-0.2, 0) is 5.54 Å². The van der Waals surface area contributed by atoms with E-state index >= 15 is 0 Å². The third kappa shape index (κ3) is 3.74. The Kier molecular flexibility index (Phi) is 4.86. The van der Waals surface area contributed by atoms with Crippen LogP contribution in [0.15, 0.2) is 54.6 Å². The largest absolute Gasteiger partial charge is 0.492 e. The number of rotatable bonds is 6. The van der Waals surface area contributed by atoms with Crippen LogP contribution in [0, 0.1) is 6.92 Å². The molecule has 1 aliphatic carbocycles. The molecule has 0 spiro atoms. The van der Waals surface area contributed by atoms with Gasteiger partial charge in [0.05, 0.1) is 5.54 Å². The normalized spacial score (nSPS) is 19.6. The number of carbonyl (C=O) groups excluding carboxylic acids is 1. The fourth-order valence-electron chi connectivity index (χ4n) is 4.51. The van der Waals surface area contributed by atoms with Gasteiger partial charge in [0.15, 0.2) is 0 Å². The summed E-state index contributed by atoms with van der Waals surface area (Å²) in [6.45, 7) is 3.74. The van der Waals surface area contributed by atoms with E-state index < -0.39 is 0 Å². The predicted octanol–water partition coefficient (Wildman–Crippen LogP) is 4.23. The number of carbonyl (C=O) groups is 1. The van der Waals surface area contributed by atoms with Crippen LogP contribution in [-0.4, -0.2) is 37.0 Å². The van der Waals surface area contributed by atoms with Crippen LogP contribution in [0.2, 0.25) is 0 Å². The standard InChI is InChI=1S/C26H29N3O2/c1-17-7-8-21(31-16-20-9-12-29(20)2)15-23(17)25(30)28-26(10-11-26)24-14-19(27)13-18-5-3-4-6-22(18)24/h3-8,13-15,20H,9-12,16,27H2,1-2H3,(H,28,30). The molecule has 1 aliphatic heterocycles. The molecule has 0 bridgehead atoms. The van der Waals surface area contributed by atoms with E-state index in [1.54, 1.807) is 0 Å². The molecule has 160 valence electrons. The lowest BCUT2D eigenvalue weighted by Gasteiger charge is -2.37. The van der Waals surface area contributed by atoms with Crippen LogP contribution in [0.1, 0.15) is 40.7 Å². The molecule has 1 heterocycles. The Hall–Kier alpha value is -3.05. The maximum atomic E-state index is 13.3. The molecule has 1 saturated carbocycles. The van der Waals surface area contributed by atoms with Crippen molar-refractivity contribution in [2.75, 3.05) is 25.9 Å². The summed E-state index contributed by atoms with van der Waals surface area (Å²) in [6, 6.07) is 18.5. The molecule has 1 saturated heterocycles. The zero-order valence-corrected chi connectivity index (χ0v) is 18.2. The van der Waals surface area contributed by atoms with Crippen LogP contribution in [0.5, 0.6) is 5.75 Å². The summed E-state index contributed by atoms with van der Waals surface area (Å²) in [5, 5.41) is 5.57. The van der Waals surface area contributed by atoms with Crippen LogP contribution in [0.3, 0.4) is 0 Å². The number of amides is 1. The van der Waals surface area contributed by atoms with Gasteiger partial charge in [0.1, 0.15) is 12.4 Å². The van der Waals surface area contributed by atoms with E-state index in [0.717, 1.165) is 59.1 Å². The van der Waals surface area contributed by atoms with Crippen molar-refractivity contribution >= 4 is 22.4 Å². The highest BCUT2D eigenvalue weighted by atomic mass is 16.5. The summed E-state index contributed by atoms with van der Waals surface area (Å²) in [4.78, 5) is 15.6. The second-order valence-corrected chi connectivity index (χ2v) is 9.04. The second-order valence-electron chi connectivity index (χ2n) is 9.04. The lowest BCUT2D eigenvalue weighted by atomic mass is 9.95. The van der Waals surface area contributed by atoms with Crippen molar-refractivity contribution in [3.8, 4) is 5.75 Å². The first kappa shape index (κ1) is 19.9. The fourth-order valence-corrected chi connectivity index (χ4v) is 4.51. The van der Waals surface area contributed by atoms with E-state index in [4.69, 9.17) is 10.5 Å². The quantitative estimate of drug-likeness (QED) is 0.591. The monoisotopic (exact) mass is 415 g/mol. The van der Waals surface area contributed by atoms with E-state index in [2.05, 4.69) is 29.4 Å². The molecule has 0 aromatic heterocycles. The van der Waals surface area contributed by atoms with Gasteiger partial charge in [0.2, 0.25) is 0 Å². The number of hydrogen-bond acceptors (Lipinski definition) is 4. The third-order valence-electron chi connectivity index (χ3n) is 6.84. The van der Waals surface area contributed by atoms with Crippen molar-refractivity contribution in [2.24, 2.45) is 0 Å². The molecule has 31 heavy (non-hydrogen) atoms. The van der Waals surface area contributed by atoms with Gasteiger partial charge in [-0.1, -0.05) is 30.3 Å². The molecule has 5 rings (SSSR count). The molecule has 1 atom stereocenters. The lowest BCUT2D eigenvalue weighted by molar-refractivity contribution is 0.0767. The highest BCUT2D eigenvalue weighted by Gasteiger charge is 2.47. The number of likely N-dealkylation sites (tertiary alicyclic amines) is 1. The summed E-state index contributed by atoms with van der Waals surface area (Å²) in [5.74, 6) is 0.683. The number of fused-ring (bicyclic) bond motifs is 1. The molecule has 3 aromatic rings. The number of nitrogens with zero attached hydrogens (tertiary/aromatic N) is 1. The van der Waals surface area contributed by atoms with Gasteiger partial charge in [0, 0.05) is 17.3 Å². The van der Waals surface area contributed by atoms with E-state index in [-0.39, 0.29) is 11.4 Å². The number of hydrogen-bond donors (Lipinski definition) is 2. The van der Waals surface area contributed by atoms with E-state index in [0.29, 0.717) is 18.2 Å². The van der Waals surface area contributed by atoms with Gasteiger partial charge >= 0.3 is 0 Å². The number of nitrogens with one attached hydrogen (secondary N) is 1. The van der Waals surface area contributed by atoms with Crippen molar-refractivity contribution in [1.82, 2.24) is 10.2 Å². The van der Waals surface area contributed by atoms with Gasteiger partial charge < -0.3 is 15.8 Å². The Bertz CT molecular complexity index is 1150. The van der Waals surface area contributed by atoms with Crippen molar-refractivity contribution in [3.05, 3.63) is 71.3 Å². The van der Waals surface area contributed by atoms with Crippen molar-refractivity contribution in [2.45, 2.75) is 37.8 Å². The summed E-state index contributed by atoms with van der Waals surface area (Å²) < 4.78 is 5.99. The Labute approximate surface area is 183 Å². The highest BCUT2D eigenvalue weighted by molar-refractivity contribution is 5.98. The van der Waals surface area contributed by atoms with Crippen LogP contribution in [0.4, 0.5) is 5.69 Å². The van der Waals surface area contributed by atoms with E-state index in [1.165, 1.54) is 0 Å². The SMILES string of the molecule is Cc1ccc(OCC2CCN2C)cc1C(=O)NC1(c2cc(N)cc3ccccc23)CC1. The molecule has 0 radical (unpaired) electrons. The molecule has 3 aromatic carbocycles. The molecule has 5 heteroatoms. The number of nitrogens with two attached hydrogens (primary N) is 1. The van der Waals surface area contributed by atoms with E-state index in [9.17, 15) is 4.79 Å². The minimum Gasteiger partial charge on any atom is -0.492 e. The molecule has 3 N–H and O–H groups in total. The Balaban J connectivity index is 1.38. The zero-order valence-electron chi connectivity index (χ0n) is 18.2. The minimum absolute atomic E-state index is 0.0623. The minimum atomic E-state index is -0.357. The Morgan fingerprint density at radius 3 is 2.71 bits per heavy atom. The van der Waals surface area contributed by atoms with Gasteiger partial charge in [-0.3, -0.25) is 9.69 Å². The van der Waals surface area contributed by atoms with Crippen LogP contribution in [0.25, 0.3) is 10.8 Å². The number of anilines is 1. The summed E-state index contributed by atoms with van der Waals surface area (Å²) in [7, 11) is 2.11. The van der Waals surface area contributed by atoms with Gasteiger partial charge in [-0.2, -0.15) is 0 Å². The molecule has 2 aliphatic rings. The van der Waals surface area contributed by atoms with Crippen molar-refractivity contribution in [1.29, 1.82) is 0 Å². The summed E-state index contributed by atoms with van der Waals surface area (Å²) >= 11 is 0. The third-order valence-corrected chi connectivity index (χ3v) is 6.84. The molecule has 5 nitrogen and oxygen atoms in total. The molecule has 1 amide bonds. The van der Waals surface area contributed by atoms with E-state index in [1.807, 2.05) is 49.4 Å². The van der Waals surface area contributed by atoms with Crippen LogP contribution >= 0.6 is 0 Å². The zero-order chi connectivity index (χ0) is 21.6. The van der Waals surface area contributed by atoms with Gasteiger partial charge in [-0.25, -0.2) is 0 Å². The maximum Gasteiger partial charge on any atom is 0.252 e. The van der Waals surface area contributed by atoms with Crippen molar-refractivity contribution in [3.63, 3.8) is 0 Å². The highest BCUT2D eigenvalue weighted by Crippen LogP contribution is 2.48. The lowest BCUT2D eigenvalue weighted by Crippen LogP contribution is -2.48. The molecule has 1 unspecified atom stereocenters. The molecule has 2 fully saturated rings. The molecular weight excluding hydrogens is 386 g/mol. The summed E-state index contributed by atoms with van der Waals surface area (Å²) in [5.41, 5.74) is 9.27. The van der Waals surface area contributed by atoms with Crippen molar-refractivity contribution < 1.29 is 9.53 Å². The first-order valence-electron chi connectivity index (χ1n) is 11.0. The maximum absolute atomic E-state index is 13.3. The first-order valence-corrected chi connectivity index (χ1v) is 11.0. The topological polar surface area (TPSA) is 67.6 Å². The summed E-state index contributed by atoms with van der Waals surface area (Å²) in [6.07, 6.45) is 2.98. The molecular formula is C26H29N3O2. The second kappa shape index (κ2) is 7.57. The van der Waals surface area contributed by atoms with Crippen LogP contribution < -0.4 is 15.8 Å². The van der Waals surface area contributed by atoms with Gasteiger partial charge in [0.25, 0.3) is 5.91 Å². The van der Waals surface area contributed by atoms with Gasteiger partial charge in [-0.15, -0.1) is 0 Å². The van der Waals surface area contributed by atoms with Gasteiger partial charge in [-0.05, 0) is 85.9 Å². The average Bonchev–Trinajstić information content (AvgIpc) is 3.53. The number of ether oxygens (including phenoxy) is 1. The smallest absolute Gasteiger partial charge is 0.252 e. The first-order chi connectivity index (χ1) is 14.9. The fraction of sp³-hybridized carbons (Fsp3) is 0.346. The number of nitrogen functional groups attached to an aromatic ring is 1. The number of likely N-dealkylation sites (N-methyl/N-ethyl adjacent to an activating group) is 1. The average molecular weight is 416 g/mol. The number of benzene rings is 3.